The van der Waals surface area contributed by atoms with Crippen LogP contribution in [0.25, 0.3) is 10.8 Å². The quantitative estimate of drug-likeness (QED) is 0.682. The van der Waals surface area contributed by atoms with E-state index in [9.17, 15) is 0 Å². The maximum absolute atomic E-state index is 5.57. The molecule has 0 unspecified atom stereocenters. The lowest BCUT2D eigenvalue weighted by molar-refractivity contribution is 0.466. The third-order valence-electron chi connectivity index (χ3n) is 2.21. The maximum Gasteiger partial charge on any atom is 0.277 e. The summed E-state index contributed by atoms with van der Waals surface area (Å²) in [6.45, 7) is 0. The summed E-state index contributed by atoms with van der Waals surface area (Å²) in [5, 5.41) is 10.6. The van der Waals surface area contributed by atoms with E-state index in [-0.39, 0.29) is 0 Å². The van der Waals surface area contributed by atoms with Gasteiger partial charge in [0.2, 0.25) is 0 Å². The lowest BCUT2D eigenvalue weighted by Gasteiger charge is -1.95. The van der Waals surface area contributed by atoms with Gasteiger partial charge in [0, 0.05) is 11.9 Å². The predicted molar refractivity (Wildman–Crippen MR) is 71.4 cm³/mol. The summed E-state index contributed by atoms with van der Waals surface area (Å²) in [4.78, 5) is 5.23. The molecule has 0 spiro atoms. The van der Waals surface area contributed by atoms with E-state index in [1.165, 1.54) is 11.8 Å². The molecule has 3 aromatic heterocycles. The Morgan fingerprint density at radius 3 is 2.94 bits per heavy atom. The Morgan fingerprint density at radius 1 is 1.17 bits per heavy atom. The Morgan fingerprint density at radius 2 is 2.17 bits per heavy atom. The molecular formula is C12H9N3OS2. The van der Waals surface area contributed by atoms with Crippen molar-refractivity contribution in [1.82, 2.24) is 15.2 Å². The van der Waals surface area contributed by atoms with E-state index in [0.717, 1.165) is 16.3 Å². The van der Waals surface area contributed by atoms with Crippen LogP contribution in [0.3, 0.4) is 0 Å². The fourth-order valence-electron chi connectivity index (χ4n) is 1.39. The number of thiophene rings is 1. The summed E-state index contributed by atoms with van der Waals surface area (Å²) in [6.07, 6.45) is 1.78. The minimum atomic E-state index is 0.573. The normalized spacial score (nSPS) is 10.7. The molecular weight excluding hydrogens is 266 g/mol. The lowest BCUT2D eigenvalue weighted by atomic mass is 10.4. The molecule has 0 bridgehead atoms. The van der Waals surface area contributed by atoms with Crippen molar-refractivity contribution >= 4 is 23.1 Å². The molecule has 0 radical (unpaired) electrons. The Hall–Kier alpha value is -1.66. The minimum Gasteiger partial charge on any atom is -0.410 e. The third-order valence-corrected chi connectivity index (χ3v) is 3.92. The van der Waals surface area contributed by atoms with Crippen molar-refractivity contribution in [2.24, 2.45) is 0 Å². The van der Waals surface area contributed by atoms with Crippen LogP contribution in [0.4, 0.5) is 0 Å². The van der Waals surface area contributed by atoms with Crippen LogP contribution < -0.4 is 0 Å². The number of thioether (sulfide) groups is 1. The molecule has 0 aliphatic carbocycles. The van der Waals surface area contributed by atoms with Crippen LogP contribution in [0.2, 0.25) is 0 Å². The van der Waals surface area contributed by atoms with Gasteiger partial charge >= 0.3 is 0 Å². The number of nitrogens with zero attached hydrogens (tertiary/aromatic N) is 3. The zero-order valence-corrected chi connectivity index (χ0v) is 10.9. The van der Waals surface area contributed by atoms with Crippen molar-refractivity contribution in [3.8, 4) is 10.8 Å². The average molecular weight is 275 g/mol. The second-order valence-electron chi connectivity index (χ2n) is 3.46. The van der Waals surface area contributed by atoms with Gasteiger partial charge < -0.3 is 4.42 Å². The number of hydrogen-bond acceptors (Lipinski definition) is 6. The van der Waals surface area contributed by atoms with E-state index in [1.807, 2.05) is 35.7 Å². The van der Waals surface area contributed by atoms with E-state index in [1.54, 1.807) is 17.5 Å². The molecule has 0 fully saturated rings. The van der Waals surface area contributed by atoms with Gasteiger partial charge in [0.1, 0.15) is 0 Å². The first-order valence-electron chi connectivity index (χ1n) is 5.32. The molecule has 4 nitrogen and oxygen atoms in total. The molecule has 0 saturated carbocycles. The molecule has 0 aliphatic rings. The van der Waals surface area contributed by atoms with E-state index < -0.39 is 0 Å². The van der Waals surface area contributed by atoms with Gasteiger partial charge in [0.25, 0.3) is 11.1 Å². The zero-order valence-electron chi connectivity index (χ0n) is 9.31. The molecule has 3 rings (SSSR count). The highest BCUT2D eigenvalue weighted by atomic mass is 32.2. The van der Waals surface area contributed by atoms with Crippen molar-refractivity contribution < 1.29 is 4.42 Å². The fourth-order valence-corrected chi connectivity index (χ4v) is 2.71. The first kappa shape index (κ1) is 11.4. The molecule has 0 aliphatic heterocycles. The van der Waals surface area contributed by atoms with Gasteiger partial charge in [-0.15, -0.1) is 21.5 Å². The number of hydrogen-bond donors (Lipinski definition) is 0. The van der Waals surface area contributed by atoms with Gasteiger partial charge in [-0.2, -0.15) is 0 Å². The predicted octanol–water partition coefficient (Wildman–Crippen LogP) is 3.49. The van der Waals surface area contributed by atoms with Crippen LogP contribution in [0.1, 0.15) is 5.69 Å². The summed E-state index contributed by atoms with van der Waals surface area (Å²) >= 11 is 3.08. The zero-order chi connectivity index (χ0) is 12.2. The van der Waals surface area contributed by atoms with Gasteiger partial charge in [-0.1, -0.05) is 23.9 Å². The molecule has 6 heteroatoms. The summed E-state index contributed by atoms with van der Waals surface area (Å²) in [6, 6.07) is 9.77. The van der Waals surface area contributed by atoms with Crippen LogP contribution in [0, 0.1) is 0 Å². The van der Waals surface area contributed by atoms with Gasteiger partial charge in [-0.3, -0.25) is 4.98 Å². The van der Waals surface area contributed by atoms with Crippen LogP contribution in [-0.4, -0.2) is 15.2 Å². The Balaban J connectivity index is 1.68. The summed E-state index contributed by atoms with van der Waals surface area (Å²) in [7, 11) is 0. The summed E-state index contributed by atoms with van der Waals surface area (Å²) in [5.41, 5.74) is 0.998. The topological polar surface area (TPSA) is 51.8 Å². The van der Waals surface area contributed by atoms with E-state index >= 15 is 0 Å². The second kappa shape index (κ2) is 5.32. The Kier molecular flexibility index (Phi) is 3.38. The van der Waals surface area contributed by atoms with Crippen molar-refractivity contribution in [2.45, 2.75) is 11.0 Å². The number of aromatic nitrogens is 3. The van der Waals surface area contributed by atoms with Crippen LogP contribution in [0.15, 0.2) is 51.5 Å². The highest BCUT2D eigenvalue weighted by Gasteiger charge is 2.09. The SMILES string of the molecule is c1ccc(CSc2nnc(-c3cccs3)o2)nc1. The number of pyridine rings is 1. The van der Waals surface area contributed by atoms with E-state index in [0.29, 0.717) is 11.1 Å². The largest absolute Gasteiger partial charge is 0.410 e. The van der Waals surface area contributed by atoms with Gasteiger partial charge in [-0.25, -0.2) is 0 Å². The molecule has 0 N–H and O–H groups in total. The van der Waals surface area contributed by atoms with Gasteiger partial charge in [0.05, 0.1) is 10.6 Å². The molecule has 3 aromatic rings. The summed E-state index contributed by atoms with van der Waals surface area (Å²) < 4.78 is 5.57. The lowest BCUT2D eigenvalue weighted by Crippen LogP contribution is -1.84. The molecule has 3 heterocycles. The molecule has 0 saturated heterocycles. The monoisotopic (exact) mass is 275 g/mol. The van der Waals surface area contributed by atoms with Crippen LogP contribution in [-0.2, 0) is 5.75 Å². The van der Waals surface area contributed by atoms with Crippen molar-refractivity contribution in [3.63, 3.8) is 0 Å². The highest BCUT2D eigenvalue weighted by molar-refractivity contribution is 7.98. The number of rotatable bonds is 4. The second-order valence-corrected chi connectivity index (χ2v) is 5.33. The molecule has 0 atom stereocenters. The van der Waals surface area contributed by atoms with E-state index in [2.05, 4.69) is 15.2 Å². The standard InChI is InChI=1S/C12H9N3OS2/c1-2-6-13-9(4-1)8-18-12-15-14-11(16-12)10-5-3-7-17-10/h1-7H,8H2. The first-order chi connectivity index (χ1) is 8.92. The van der Waals surface area contributed by atoms with Gasteiger partial charge in [0.15, 0.2) is 0 Å². The van der Waals surface area contributed by atoms with Crippen LogP contribution >= 0.6 is 23.1 Å². The van der Waals surface area contributed by atoms with Crippen molar-refractivity contribution in [3.05, 3.63) is 47.6 Å². The van der Waals surface area contributed by atoms with Crippen molar-refractivity contribution in [2.75, 3.05) is 0 Å². The minimum absolute atomic E-state index is 0.573. The Bertz CT molecular complexity index is 607. The van der Waals surface area contributed by atoms with Crippen LogP contribution in [0.5, 0.6) is 0 Å². The highest BCUT2D eigenvalue weighted by Crippen LogP contribution is 2.27. The van der Waals surface area contributed by atoms with Gasteiger partial charge in [-0.05, 0) is 23.6 Å². The molecule has 90 valence electrons. The maximum atomic E-state index is 5.57. The third kappa shape index (κ3) is 2.60. The first-order valence-corrected chi connectivity index (χ1v) is 7.18. The van der Waals surface area contributed by atoms with E-state index in [4.69, 9.17) is 4.42 Å². The summed E-state index contributed by atoms with van der Waals surface area (Å²) in [5.74, 6) is 1.31. The van der Waals surface area contributed by atoms with Crippen molar-refractivity contribution in [1.29, 1.82) is 0 Å². The Labute approximate surface area is 112 Å². The molecule has 0 amide bonds. The molecule has 0 aromatic carbocycles. The average Bonchev–Trinajstić information content (AvgIpc) is 3.08. The smallest absolute Gasteiger partial charge is 0.277 e. The molecule has 18 heavy (non-hydrogen) atoms. The fraction of sp³-hybridized carbons (Fsp3) is 0.0833.